The maximum Gasteiger partial charge on any atom is 0.250 e. The third-order valence-corrected chi connectivity index (χ3v) is 2.93. The Morgan fingerprint density at radius 2 is 2.11 bits per heavy atom. The molecular weight excluding hydrogens is 320 g/mol. The maximum atomic E-state index is 10.9. The fraction of sp³-hybridized carbons (Fsp3) is 0. The van der Waals surface area contributed by atoms with Crippen LogP contribution in [0.4, 0.5) is 0 Å². The summed E-state index contributed by atoms with van der Waals surface area (Å²) in [6, 6.07) is 8.33. The number of primary amides is 1. The molecule has 0 spiro atoms. The summed E-state index contributed by atoms with van der Waals surface area (Å²) in [7, 11) is 0. The first-order valence-electron chi connectivity index (χ1n) is 4.95. The maximum absolute atomic E-state index is 10.9. The Balaban J connectivity index is 2.23. The quantitative estimate of drug-likeness (QED) is 0.939. The van der Waals surface area contributed by atoms with Gasteiger partial charge >= 0.3 is 0 Å². The van der Waals surface area contributed by atoms with E-state index in [0.717, 1.165) is 4.47 Å². The number of pyridine rings is 1. The van der Waals surface area contributed by atoms with Crippen LogP contribution in [-0.4, -0.2) is 10.9 Å². The molecule has 0 aliphatic rings. The Bertz CT molecular complexity index is 587. The fourth-order valence-corrected chi connectivity index (χ4v) is 1.75. The summed E-state index contributed by atoms with van der Waals surface area (Å²) in [5.74, 6) is 0.278. The van der Waals surface area contributed by atoms with Crippen molar-refractivity contribution in [3.05, 3.63) is 51.6 Å². The van der Waals surface area contributed by atoms with Gasteiger partial charge in [-0.1, -0.05) is 27.5 Å². The number of rotatable bonds is 3. The molecule has 92 valence electrons. The van der Waals surface area contributed by atoms with E-state index in [2.05, 4.69) is 20.9 Å². The van der Waals surface area contributed by atoms with E-state index in [0.29, 0.717) is 22.2 Å². The van der Waals surface area contributed by atoms with Crippen molar-refractivity contribution in [3.63, 3.8) is 0 Å². The van der Waals surface area contributed by atoms with E-state index in [4.69, 9.17) is 22.1 Å². The standard InChI is InChI=1S/C12H8BrClN2O2/c13-8-2-3-9(14)10(5-8)18-11-4-1-7(6-16-11)12(15)17/h1-6H,(H2,15,17). The van der Waals surface area contributed by atoms with Gasteiger partial charge in [0.15, 0.2) is 0 Å². The van der Waals surface area contributed by atoms with Gasteiger partial charge in [-0.05, 0) is 24.3 Å². The average molecular weight is 328 g/mol. The average Bonchev–Trinajstić information content (AvgIpc) is 2.34. The molecule has 2 N–H and O–H groups in total. The van der Waals surface area contributed by atoms with Gasteiger partial charge in [-0.25, -0.2) is 4.98 Å². The number of hydrogen-bond acceptors (Lipinski definition) is 3. The zero-order chi connectivity index (χ0) is 13.1. The number of aromatic nitrogens is 1. The number of amides is 1. The van der Waals surface area contributed by atoms with Crippen LogP contribution >= 0.6 is 27.5 Å². The predicted octanol–water partition coefficient (Wildman–Crippen LogP) is 3.39. The van der Waals surface area contributed by atoms with Gasteiger partial charge in [0.2, 0.25) is 11.8 Å². The summed E-state index contributed by atoms with van der Waals surface area (Å²) in [4.78, 5) is 14.9. The van der Waals surface area contributed by atoms with Crippen LogP contribution in [0.1, 0.15) is 10.4 Å². The molecule has 2 aromatic rings. The first-order chi connectivity index (χ1) is 8.56. The van der Waals surface area contributed by atoms with Crippen molar-refractivity contribution in [1.29, 1.82) is 0 Å². The van der Waals surface area contributed by atoms with Crippen molar-refractivity contribution in [2.75, 3.05) is 0 Å². The molecule has 0 unspecified atom stereocenters. The van der Waals surface area contributed by atoms with Crippen LogP contribution in [0.15, 0.2) is 41.0 Å². The smallest absolute Gasteiger partial charge is 0.250 e. The van der Waals surface area contributed by atoms with Crippen LogP contribution in [0.25, 0.3) is 0 Å². The largest absolute Gasteiger partial charge is 0.437 e. The SMILES string of the molecule is NC(=O)c1ccc(Oc2cc(Br)ccc2Cl)nc1. The molecule has 4 nitrogen and oxygen atoms in total. The zero-order valence-electron chi connectivity index (χ0n) is 9.06. The van der Waals surface area contributed by atoms with Crippen LogP contribution in [0.5, 0.6) is 11.6 Å². The summed E-state index contributed by atoms with van der Waals surface area (Å²) in [5, 5.41) is 0.471. The van der Waals surface area contributed by atoms with Gasteiger partial charge in [-0.3, -0.25) is 4.79 Å². The second kappa shape index (κ2) is 5.37. The number of carbonyl (C=O) groups excluding carboxylic acids is 1. The van der Waals surface area contributed by atoms with Crippen LogP contribution in [0, 0.1) is 0 Å². The molecule has 0 aliphatic carbocycles. The lowest BCUT2D eigenvalue weighted by Gasteiger charge is -2.07. The molecular formula is C12H8BrClN2O2. The monoisotopic (exact) mass is 326 g/mol. The van der Waals surface area contributed by atoms with Crippen LogP contribution < -0.4 is 10.5 Å². The summed E-state index contributed by atoms with van der Waals surface area (Å²) in [6.07, 6.45) is 1.35. The lowest BCUT2D eigenvalue weighted by Crippen LogP contribution is -2.10. The minimum Gasteiger partial charge on any atom is -0.437 e. The fourth-order valence-electron chi connectivity index (χ4n) is 1.25. The molecule has 0 saturated carbocycles. The first-order valence-corrected chi connectivity index (χ1v) is 6.12. The Labute approximate surface area is 117 Å². The number of halogens is 2. The number of benzene rings is 1. The van der Waals surface area contributed by atoms with Crippen LogP contribution in [0.2, 0.25) is 5.02 Å². The van der Waals surface area contributed by atoms with Gasteiger partial charge in [0.1, 0.15) is 5.75 Å². The Hall–Kier alpha value is -1.59. The predicted molar refractivity (Wildman–Crippen MR) is 72.0 cm³/mol. The number of carbonyl (C=O) groups is 1. The van der Waals surface area contributed by atoms with Gasteiger partial charge in [0.05, 0.1) is 10.6 Å². The number of nitrogens with zero attached hydrogens (tertiary/aromatic N) is 1. The van der Waals surface area contributed by atoms with E-state index in [1.54, 1.807) is 24.3 Å². The Morgan fingerprint density at radius 3 is 2.72 bits per heavy atom. The minimum atomic E-state index is -0.533. The highest BCUT2D eigenvalue weighted by Gasteiger charge is 2.06. The molecule has 6 heteroatoms. The number of hydrogen-bond donors (Lipinski definition) is 1. The van der Waals surface area contributed by atoms with E-state index in [1.807, 2.05) is 0 Å². The van der Waals surface area contributed by atoms with Gasteiger partial charge in [0, 0.05) is 16.7 Å². The summed E-state index contributed by atoms with van der Waals surface area (Å²) >= 11 is 9.30. The van der Waals surface area contributed by atoms with E-state index >= 15 is 0 Å². The molecule has 1 aromatic carbocycles. The molecule has 0 radical (unpaired) electrons. The third kappa shape index (κ3) is 3.00. The molecule has 1 heterocycles. The molecule has 0 bridgehead atoms. The van der Waals surface area contributed by atoms with Crippen molar-refractivity contribution in [2.45, 2.75) is 0 Å². The van der Waals surface area contributed by atoms with E-state index < -0.39 is 5.91 Å². The van der Waals surface area contributed by atoms with Crippen molar-refractivity contribution in [2.24, 2.45) is 5.73 Å². The normalized spacial score (nSPS) is 10.1. The van der Waals surface area contributed by atoms with E-state index in [-0.39, 0.29) is 0 Å². The zero-order valence-corrected chi connectivity index (χ0v) is 11.4. The lowest BCUT2D eigenvalue weighted by atomic mass is 10.3. The van der Waals surface area contributed by atoms with Gasteiger partial charge in [-0.2, -0.15) is 0 Å². The molecule has 0 atom stereocenters. The lowest BCUT2D eigenvalue weighted by molar-refractivity contribution is 0.1000. The van der Waals surface area contributed by atoms with Crippen molar-refractivity contribution in [1.82, 2.24) is 4.98 Å². The topological polar surface area (TPSA) is 65.2 Å². The van der Waals surface area contributed by atoms with Crippen LogP contribution in [-0.2, 0) is 0 Å². The number of ether oxygens (including phenoxy) is 1. The molecule has 0 fully saturated rings. The summed E-state index contributed by atoms with van der Waals surface area (Å²) in [6.45, 7) is 0. The molecule has 1 amide bonds. The van der Waals surface area contributed by atoms with Crippen molar-refractivity contribution >= 4 is 33.4 Å². The summed E-state index contributed by atoms with van der Waals surface area (Å²) in [5.41, 5.74) is 5.44. The van der Waals surface area contributed by atoms with E-state index in [9.17, 15) is 4.79 Å². The van der Waals surface area contributed by atoms with Gasteiger partial charge in [-0.15, -0.1) is 0 Å². The third-order valence-electron chi connectivity index (χ3n) is 2.13. The molecule has 0 saturated heterocycles. The molecule has 2 rings (SSSR count). The second-order valence-corrected chi connectivity index (χ2v) is 4.75. The Kier molecular flexibility index (Phi) is 3.84. The first kappa shape index (κ1) is 12.9. The molecule has 18 heavy (non-hydrogen) atoms. The second-order valence-electron chi connectivity index (χ2n) is 3.43. The van der Waals surface area contributed by atoms with E-state index in [1.165, 1.54) is 12.3 Å². The highest BCUT2D eigenvalue weighted by Crippen LogP contribution is 2.31. The number of nitrogens with two attached hydrogens (primary N) is 1. The van der Waals surface area contributed by atoms with Crippen molar-refractivity contribution in [3.8, 4) is 11.6 Å². The van der Waals surface area contributed by atoms with Gasteiger partial charge < -0.3 is 10.5 Å². The molecule has 1 aromatic heterocycles. The van der Waals surface area contributed by atoms with Gasteiger partial charge in [0.25, 0.3) is 0 Å². The molecule has 0 aliphatic heterocycles. The summed E-state index contributed by atoms with van der Waals surface area (Å²) < 4.78 is 6.34. The van der Waals surface area contributed by atoms with Crippen LogP contribution in [0.3, 0.4) is 0 Å². The Morgan fingerprint density at radius 1 is 1.33 bits per heavy atom. The van der Waals surface area contributed by atoms with Crippen molar-refractivity contribution < 1.29 is 9.53 Å². The minimum absolute atomic E-state index is 0.322. The highest BCUT2D eigenvalue weighted by molar-refractivity contribution is 9.10. The highest BCUT2D eigenvalue weighted by atomic mass is 79.9.